The van der Waals surface area contributed by atoms with Crippen molar-refractivity contribution in [3.05, 3.63) is 59.2 Å². The normalized spacial score (nSPS) is 24.5. The maximum atomic E-state index is 14.2. The fraction of sp³-hybridized carbons (Fsp3) is 0.629. The van der Waals surface area contributed by atoms with E-state index in [2.05, 4.69) is 29.7 Å². The molecule has 6 rings (SSSR count). The van der Waals surface area contributed by atoms with Crippen molar-refractivity contribution in [2.75, 3.05) is 57.4 Å². The van der Waals surface area contributed by atoms with Crippen LogP contribution in [0.4, 0.5) is 14.9 Å². The Morgan fingerprint density at radius 3 is 2.53 bits per heavy atom. The molecule has 2 unspecified atom stereocenters. The predicted octanol–water partition coefficient (Wildman–Crippen LogP) is 4.61. The number of piperazine rings is 1. The van der Waals surface area contributed by atoms with E-state index in [1.807, 2.05) is 43.7 Å². The second kappa shape index (κ2) is 11.9. The van der Waals surface area contributed by atoms with Gasteiger partial charge < -0.3 is 19.3 Å². The second-order valence-electron chi connectivity index (χ2n) is 15.2. The van der Waals surface area contributed by atoms with Gasteiger partial charge in [0.25, 0.3) is 0 Å². The lowest BCUT2D eigenvalue weighted by Gasteiger charge is -2.48. The number of carbonyl (C=O) groups is 2. The zero-order valence-electron chi connectivity index (χ0n) is 27.6. The predicted molar refractivity (Wildman–Crippen MR) is 171 cm³/mol. The molecular formula is C35H48FN5O4. The third kappa shape index (κ3) is 6.88. The highest BCUT2D eigenvalue weighted by Gasteiger charge is 2.51. The highest BCUT2D eigenvalue weighted by molar-refractivity contribution is 5.97. The lowest BCUT2D eigenvalue weighted by molar-refractivity contribution is -0.122. The molecule has 4 aliphatic rings. The highest BCUT2D eigenvalue weighted by atomic mass is 19.1. The number of rotatable bonds is 6. The molecule has 0 bridgehead atoms. The molecule has 0 N–H and O–H groups in total. The summed E-state index contributed by atoms with van der Waals surface area (Å²) in [6, 6.07) is 8.46. The number of pyridine rings is 1. The number of morpholine rings is 1. The van der Waals surface area contributed by atoms with Gasteiger partial charge in [-0.2, -0.15) is 0 Å². The van der Waals surface area contributed by atoms with Crippen LogP contribution in [0.25, 0.3) is 0 Å². The van der Waals surface area contributed by atoms with Gasteiger partial charge >= 0.3 is 6.09 Å². The number of carbonyl (C=O) groups excluding carboxylic acids is 2. The maximum Gasteiger partial charge on any atom is 0.410 e. The van der Waals surface area contributed by atoms with Crippen LogP contribution < -0.4 is 4.90 Å². The smallest absolute Gasteiger partial charge is 0.410 e. The van der Waals surface area contributed by atoms with Crippen molar-refractivity contribution in [3.8, 4) is 0 Å². The van der Waals surface area contributed by atoms with Gasteiger partial charge in [-0.25, -0.2) is 9.18 Å². The molecule has 1 spiro atoms. The summed E-state index contributed by atoms with van der Waals surface area (Å²) in [7, 11) is 0. The second-order valence-corrected chi connectivity index (χ2v) is 15.2. The Morgan fingerprint density at radius 2 is 1.84 bits per heavy atom. The molecule has 3 aliphatic heterocycles. The Hall–Kier alpha value is -3.08. The average molecular weight is 622 g/mol. The molecule has 2 saturated heterocycles. The van der Waals surface area contributed by atoms with Gasteiger partial charge in [0.05, 0.1) is 31.1 Å². The van der Waals surface area contributed by atoms with Crippen LogP contribution in [0, 0.1) is 5.82 Å². The summed E-state index contributed by atoms with van der Waals surface area (Å²) in [5, 5.41) is 0. The summed E-state index contributed by atoms with van der Waals surface area (Å²) in [5.74, 6) is -0.224. The van der Waals surface area contributed by atoms with Crippen molar-refractivity contribution < 1.29 is 23.5 Å². The summed E-state index contributed by atoms with van der Waals surface area (Å²) in [6.45, 7) is 16.9. The first-order chi connectivity index (χ1) is 21.2. The fourth-order valence-electron chi connectivity index (χ4n) is 7.15. The fourth-order valence-corrected chi connectivity index (χ4v) is 7.15. The van der Waals surface area contributed by atoms with Gasteiger partial charge in [-0.05, 0) is 76.3 Å². The van der Waals surface area contributed by atoms with Crippen molar-refractivity contribution in [1.29, 1.82) is 0 Å². The van der Waals surface area contributed by atoms with E-state index in [-0.39, 0.29) is 47.4 Å². The molecule has 2 atom stereocenters. The first-order valence-electron chi connectivity index (χ1n) is 16.3. The summed E-state index contributed by atoms with van der Waals surface area (Å²) < 4.78 is 25.1. The molecule has 0 radical (unpaired) electrons. The SMILES string of the molecule is CC1CN(CC(=O)N2CC(C)(C)c3ncc(Cc4ccc(F)cc4)cc32)C(CN2CCOCC23CC3)CN1C(=O)OC(C)(C)C. The number of fused-ring (bicyclic) bond motifs is 1. The molecule has 9 nitrogen and oxygen atoms in total. The molecule has 4 heterocycles. The van der Waals surface area contributed by atoms with Crippen LogP contribution in [0.2, 0.25) is 0 Å². The number of halogens is 1. The molecule has 1 saturated carbocycles. The lowest BCUT2D eigenvalue weighted by Crippen LogP contribution is -2.65. The minimum Gasteiger partial charge on any atom is -0.444 e. The number of anilines is 1. The number of ether oxygens (including phenoxy) is 2. The van der Waals surface area contributed by atoms with Crippen LogP contribution in [0.1, 0.15) is 71.2 Å². The quantitative estimate of drug-likeness (QED) is 0.466. The molecular weight excluding hydrogens is 573 g/mol. The van der Waals surface area contributed by atoms with Crippen LogP contribution in [0.5, 0.6) is 0 Å². The summed E-state index contributed by atoms with van der Waals surface area (Å²) in [4.78, 5) is 40.9. The van der Waals surface area contributed by atoms with E-state index < -0.39 is 5.60 Å². The molecule has 1 aromatic heterocycles. The van der Waals surface area contributed by atoms with Crippen molar-refractivity contribution in [3.63, 3.8) is 0 Å². The van der Waals surface area contributed by atoms with Crippen LogP contribution in [-0.2, 0) is 26.1 Å². The molecule has 244 valence electrons. The third-order valence-electron chi connectivity index (χ3n) is 9.76. The monoisotopic (exact) mass is 621 g/mol. The molecule has 3 fully saturated rings. The Morgan fingerprint density at radius 1 is 1.11 bits per heavy atom. The van der Waals surface area contributed by atoms with Crippen LogP contribution in [0.15, 0.2) is 36.5 Å². The van der Waals surface area contributed by atoms with Gasteiger partial charge in [-0.1, -0.05) is 26.0 Å². The van der Waals surface area contributed by atoms with E-state index in [9.17, 15) is 14.0 Å². The van der Waals surface area contributed by atoms with E-state index in [4.69, 9.17) is 14.5 Å². The molecule has 2 amide bonds. The Bertz CT molecular complexity index is 1420. The Labute approximate surface area is 266 Å². The molecule has 45 heavy (non-hydrogen) atoms. The zero-order chi connectivity index (χ0) is 32.1. The first-order valence-corrected chi connectivity index (χ1v) is 16.3. The lowest BCUT2D eigenvalue weighted by atomic mass is 9.91. The van der Waals surface area contributed by atoms with Gasteiger partial charge in [0, 0.05) is 62.0 Å². The number of hydrogen-bond acceptors (Lipinski definition) is 7. The largest absolute Gasteiger partial charge is 0.444 e. The van der Waals surface area contributed by atoms with Gasteiger partial charge in [0.1, 0.15) is 11.4 Å². The molecule has 1 aliphatic carbocycles. The van der Waals surface area contributed by atoms with E-state index >= 15 is 0 Å². The number of amides is 2. The highest BCUT2D eigenvalue weighted by Crippen LogP contribution is 2.44. The number of benzene rings is 1. The standard InChI is InChI=1S/C35H48FN5O4/c1-24-18-38(28(20-40(24)32(43)45-33(2,3)4)19-39-13-14-44-23-35(39)11-12-35)21-30(42)41-22-34(5,6)31-29(41)16-26(17-37-31)15-25-7-9-27(36)10-8-25/h7-10,16-17,24,28H,11-15,18-23H2,1-6H3. The summed E-state index contributed by atoms with van der Waals surface area (Å²) >= 11 is 0. The van der Waals surface area contributed by atoms with Crippen LogP contribution in [0.3, 0.4) is 0 Å². The summed E-state index contributed by atoms with van der Waals surface area (Å²) in [6.07, 6.45) is 4.43. The van der Waals surface area contributed by atoms with Crippen molar-refractivity contribution >= 4 is 17.7 Å². The molecule has 2 aromatic rings. The minimum atomic E-state index is -0.582. The number of nitrogens with zero attached hydrogens (tertiary/aromatic N) is 5. The average Bonchev–Trinajstić information content (AvgIpc) is 3.68. The van der Waals surface area contributed by atoms with Gasteiger partial charge in [-0.3, -0.25) is 19.6 Å². The maximum absolute atomic E-state index is 14.2. The van der Waals surface area contributed by atoms with E-state index in [0.29, 0.717) is 32.7 Å². The van der Waals surface area contributed by atoms with Gasteiger partial charge in [0.15, 0.2) is 0 Å². The zero-order valence-corrected chi connectivity index (χ0v) is 27.6. The van der Waals surface area contributed by atoms with Gasteiger partial charge in [-0.15, -0.1) is 0 Å². The Kier molecular flexibility index (Phi) is 8.46. The van der Waals surface area contributed by atoms with E-state index in [1.54, 1.807) is 12.1 Å². The molecule has 1 aromatic carbocycles. The third-order valence-corrected chi connectivity index (χ3v) is 9.76. The number of hydrogen-bond donors (Lipinski definition) is 0. The minimum absolute atomic E-state index is 0.0220. The summed E-state index contributed by atoms with van der Waals surface area (Å²) in [5.41, 5.74) is 2.97. The van der Waals surface area contributed by atoms with Gasteiger partial charge in [0.2, 0.25) is 5.91 Å². The van der Waals surface area contributed by atoms with Crippen molar-refractivity contribution in [2.45, 2.75) is 89.4 Å². The van der Waals surface area contributed by atoms with Crippen LogP contribution in [-0.4, -0.2) is 107 Å². The van der Waals surface area contributed by atoms with Crippen LogP contribution >= 0.6 is 0 Å². The van der Waals surface area contributed by atoms with Crippen molar-refractivity contribution in [1.82, 2.24) is 19.7 Å². The topological polar surface area (TPSA) is 78.5 Å². The van der Waals surface area contributed by atoms with E-state index in [1.165, 1.54) is 12.1 Å². The molecule has 10 heteroatoms. The van der Waals surface area contributed by atoms with E-state index in [0.717, 1.165) is 55.0 Å². The number of aromatic nitrogens is 1. The first kappa shape index (κ1) is 31.9. The Balaban J connectivity index is 1.22. The van der Waals surface area contributed by atoms with Crippen molar-refractivity contribution in [2.24, 2.45) is 0 Å².